The summed E-state index contributed by atoms with van der Waals surface area (Å²) >= 11 is 3.48. The third-order valence-electron chi connectivity index (χ3n) is 3.29. The molecule has 1 unspecified atom stereocenters. The van der Waals surface area contributed by atoms with E-state index in [-0.39, 0.29) is 12.1 Å². The Labute approximate surface area is 111 Å². The van der Waals surface area contributed by atoms with Crippen molar-refractivity contribution < 1.29 is 5.11 Å². The van der Waals surface area contributed by atoms with E-state index in [2.05, 4.69) is 33.0 Å². The van der Waals surface area contributed by atoms with E-state index in [9.17, 15) is 5.11 Å². The molecule has 1 heterocycles. The van der Waals surface area contributed by atoms with Gasteiger partial charge in [0.15, 0.2) is 0 Å². The molecule has 1 aliphatic rings. The second kappa shape index (κ2) is 5.38. The molecule has 0 aliphatic carbocycles. The molecule has 3 nitrogen and oxygen atoms in total. The molecule has 94 valence electrons. The quantitative estimate of drug-likeness (QED) is 0.882. The number of hydrogen-bond donors (Lipinski definition) is 2. The van der Waals surface area contributed by atoms with Crippen LogP contribution in [-0.4, -0.2) is 24.3 Å². The van der Waals surface area contributed by atoms with Crippen molar-refractivity contribution in [1.29, 1.82) is 0 Å². The number of rotatable bonds is 2. The summed E-state index contributed by atoms with van der Waals surface area (Å²) in [5, 5.41) is 9.54. The van der Waals surface area contributed by atoms with Crippen LogP contribution in [0.1, 0.15) is 31.4 Å². The van der Waals surface area contributed by atoms with Gasteiger partial charge in [-0.05, 0) is 43.5 Å². The number of hydrogen-bond acceptors (Lipinski definition) is 3. The van der Waals surface area contributed by atoms with Crippen LogP contribution in [0.25, 0.3) is 0 Å². The zero-order valence-electron chi connectivity index (χ0n) is 10.1. The second-order valence-electron chi connectivity index (χ2n) is 4.71. The molecule has 17 heavy (non-hydrogen) atoms. The normalized spacial score (nSPS) is 19.4. The van der Waals surface area contributed by atoms with E-state index in [1.165, 1.54) is 5.69 Å². The van der Waals surface area contributed by atoms with Gasteiger partial charge in [0.1, 0.15) is 0 Å². The molecule has 0 radical (unpaired) electrons. The molecule has 3 N–H and O–H groups in total. The number of nitrogens with two attached hydrogens (primary N) is 1. The van der Waals surface area contributed by atoms with E-state index in [0.717, 1.165) is 36.0 Å². The Morgan fingerprint density at radius 1 is 1.41 bits per heavy atom. The summed E-state index contributed by atoms with van der Waals surface area (Å²) in [7, 11) is 0. The standard InChI is InChI=1S/C13H19BrN2O/c1-9(15)12-8-10(14)2-3-13(12)16-6-4-11(17)5-7-16/h2-3,8-9,11,17H,4-7,15H2,1H3. The van der Waals surface area contributed by atoms with Crippen molar-refractivity contribution >= 4 is 21.6 Å². The van der Waals surface area contributed by atoms with Crippen molar-refractivity contribution in [2.45, 2.75) is 31.9 Å². The van der Waals surface area contributed by atoms with E-state index in [1.807, 2.05) is 13.0 Å². The fourth-order valence-corrected chi connectivity index (χ4v) is 2.66. The monoisotopic (exact) mass is 298 g/mol. The van der Waals surface area contributed by atoms with Crippen molar-refractivity contribution in [2.24, 2.45) is 5.73 Å². The van der Waals surface area contributed by atoms with Gasteiger partial charge in [0.2, 0.25) is 0 Å². The fourth-order valence-electron chi connectivity index (χ4n) is 2.28. The van der Waals surface area contributed by atoms with Crippen LogP contribution in [0.4, 0.5) is 5.69 Å². The van der Waals surface area contributed by atoms with Crippen molar-refractivity contribution in [1.82, 2.24) is 0 Å². The maximum atomic E-state index is 9.54. The molecule has 1 aromatic rings. The van der Waals surface area contributed by atoms with Crippen molar-refractivity contribution in [3.05, 3.63) is 28.2 Å². The summed E-state index contributed by atoms with van der Waals surface area (Å²) in [6, 6.07) is 6.27. The van der Waals surface area contributed by atoms with Crippen LogP contribution >= 0.6 is 15.9 Å². The van der Waals surface area contributed by atoms with E-state index in [0.29, 0.717) is 0 Å². The number of halogens is 1. The SMILES string of the molecule is CC(N)c1cc(Br)ccc1N1CCC(O)CC1. The summed E-state index contributed by atoms with van der Waals surface area (Å²) in [6.07, 6.45) is 1.54. The summed E-state index contributed by atoms with van der Waals surface area (Å²) in [5.74, 6) is 0. The molecule has 1 fully saturated rings. The molecule has 0 amide bonds. The Morgan fingerprint density at radius 3 is 2.65 bits per heavy atom. The molecule has 1 saturated heterocycles. The third-order valence-corrected chi connectivity index (χ3v) is 3.78. The first-order valence-electron chi connectivity index (χ1n) is 6.06. The maximum Gasteiger partial charge on any atom is 0.0574 e. The van der Waals surface area contributed by atoms with Crippen LogP contribution in [-0.2, 0) is 0 Å². The maximum absolute atomic E-state index is 9.54. The number of aliphatic hydroxyl groups is 1. The number of nitrogens with zero attached hydrogens (tertiary/aromatic N) is 1. The van der Waals surface area contributed by atoms with E-state index in [4.69, 9.17) is 5.73 Å². The molecular formula is C13H19BrN2O. The number of piperidine rings is 1. The molecule has 1 aliphatic heterocycles. The summed E-state index contributed by atoms with van der Waals surface area (Å²) in [5.41, 5.74) is 8.39. The van der Waals surface area contributed by atoms with Crippen molar-refractivity contribution in [2.75, 3.05) is 18.0 Å². The molecule has 0 aromatic heterocycles. The summed E-state index contributed by atoms with van der Waals surface area (Å²) in [4.78, 5) is 2.32. The molecule has 0 saturated carbocycles. The zero-order valence-corrected chi connectivity index (χ0v) is 11.7. The van der Waals surface area contributed by atoms with Gasteiger partial charge in [0.05, 0.1) is 6.10 Å². The first-order chi connectivity index (χ1) is 8.08. The van der Waals surface area contributed by atoms with Gasteiger partial charge in [-0.15, -0.1) is 0 Å². The first kappa shape index (κ1) is 12.9. The molecule has 4 heteroatoms. The number of benzene rings is 1. The Bertz CT molecular complexity index is 387. The van der Waals surface area contributed by atoms with Crippen LogP contribution in [0, 0.1) is 0 Å². The van der Waals surface area contributed by atoms with Crippen molar-refractivity contribution in [3.63, 3.8) is 0 Å². The number of anilines is 1. The Kier molecular flexibility index (Phi) is 4.07. The lowest BCUT2D eigenvalue weighted by Crippen LogP contribution is -2.36. The fraction of sp³-hybridized carbons (Fsp3) is 0.538. The lowest BCUT2D eigenvalue weighted by molar-refractivity contribution is 0.145. The highest BCUT2D eigenvalue weighted by Gasteiger charge is 2.20. The Morgan fingerprint density at radius 2 is 2.06 bits per heavy atom. The number of aliphatic hydroxyl groups excluding tert-OH is 1. The lowest BCUT2D eigenvalue weighted by Gasteiger charge is -2.33. The molecule has 0 bridgehead atoms. The highest BCUT2D eigenvalue weighted by Crippen LogP contribution is 2.30. The lowest BCUT2D eigenvalue weighted by atomic mass is 10.0. The van der Waals surface area contributed by atoms with Gasteiger partial charge in [0.25, 0.3) is 0 Å². The van der Waals surface area contributed by atoms with Crippen LogP contribution in [0.15, 0.2) is 22.7 Å². The average molecular weight is 299 g/mol. The Hall–Kier alpha value is -0.580. The molecule has 0 spiro atoms. The van der Waals surface area contributed by atoms with Gasteiger partial charge < -0.3 is 15.7 Å². The molecule has 1 atom stereocenters. The minimum atomic E-state index is -0.138. The largest absolute Gasteiger partial charge is 0.393 e. The van der Waals surface area contributed by atoms with Gasteiger partial charge in [-0.3, -0.25) is 0 Å². The Balaban J connectivity index is 2.25. The molecular weight excluding hydrogens is 280 g/mol. The van der Waals surface area contributed by atoms with Crippen LogP contribution < -0.4 is 10.6 Å². The van der Waals surface area contributed by atoms with Gasteiger partial charge in [0, 0.05) is 29.3 Å². The third kappa shape index (κ3) is 3.00. The summed E-state index contributed by atoms with van der Waals surface area (Å²) in [6.45, 7) is 3.81. The van der Waals surface area contributed by atoms with Crippen LogP contribution in [0.3, 0.4) is 0 Å². The topological polar surface area (TPSA) is 49.5 Å². The van der Waals surface area contributed by atoms with E-state index >= 15 is 0 Å². The van der Waals surface area contributed by atoms with Crippen LogP contribution in [0.2, 0.25) is 0 Å². The molecule has 1 aromatic carbocycles. The first-order valence-corrected chi connectivity index (χ1v) is 6.85. The van der Waals surface area contributed by atoms with Gasteiger partial charge >= 0.3 is 0 Å². The minimum Gasteiger partial charge on any atom is -0.393 e. The van der Waals surface area contributed by atoms with Gasteiger partial charge in [-0.25, -0.2) is 0 Å². The van der Waals surface area contributed by atoms with E-state index in [1.54, 1.807) is 0 Å². The molecule has 2 rings (SSSR count). The van der Waals surface area contributed by atoms with Gasteiger partial charge in [-0.1, -0.05) is 15.9 Å². The second-order valence-corrected chi connectivity index (χ2v) is 5.63. The van der Waals surface area contributed by atoms with Gasteiger partial charge in [-0.2, -0.15) is 0 Å². The summed E-state index contributed by atoms with van der Waals surface area (Å²) < 4.78 is 1.06. The highest BCUT2D eigenvalue weighted by molar-refractivity contribution is 9.10. The van der Waals surface area contributed by atoms with E-state index < -0.39 is 0 Å². The highest BCUT2D eigenvalue weighted by atomic mass is 79.9. The average Bonchev–Trinajstić information content (AvgIpc) is 2.30. The van der Waals surface area contributed by atoms with Crippen LogP contribution in [0.5, 0.6) is 0 Å². The minimum absolute atomic E-state index is 0.0225. The zero-order chi connectivity index (χ0) is 12.4. The predicted molar refractivity (Wildman–Crippen MR) is 74.2 cm³/mol. The smallest absolute Gasteiger partial charge is 0.0574 e. The predicted octanol–water partition coefficient (Wildman–Crippen LogP) is 2.43. The van der Waals surface area contributed by atoms with Crippen molar-refractivity contribution in [3.8, 4) is 0 Å².